The Kier molecular flexibility index (Phi) is 4.38. The number of aryl methyl sites for hydroxylation is 1. The molecule has 1 amide bonds. The summed E-state index contributed by atoms with van der Waals surface area (Å²) in [6, 6.07) is 4.50. The predicted molar refractivity (Wildman–Crippen MR) is 102 cm³/mol. The summed E-state index contributed by atoms with van der Waals surface area (Å²) in [5.74, 6) is -0.186. The monoisotopic (exact) mass is 432 g/mol. The summed E-state index contributed by atoms with van der Waals surface area (Å²) >= 11 is 3.18. The fraction of sp³-hybridized carbons (Fsp3) is 0.316. The van der Waals surface area contributed by atoms with E-state index in [9.17, 15) is 9.18 Å². The van der Waals surface area contributed by atoms with Crippen LogP contribution in [0.2, 0.25) is 0 Å². The molecule has 1 aliphatic rings. The fourth-order valence-electron chi connectivity index (χ4n) is 3.27. The van der Waals surface area contributed by atoms with Gasteiger partial charge in [0.2, 0.25) is 0 Å². The summed E-state index contributed by atoms with van der Waals surface area (Å²) in [6.45, 7) is 6.14. The van der Waals surface area contributed by atoms with Gasteiger partial charge in [0.1, 0.15) is 18.2 Å². The quantitative estimate of drug-likeness (QED) is 0.676. The molecule has 4 rings (SSSR count). The summed E-state index contributed by atoms with van der Waals surface area (Å²) < 4.78 is 21.3. The van der Waals surface area contributed by atoms with Gasteiger partial charge in [-0.05, 0) is 48.8 Å². The highest BCUT2D eigenvalue weighted by Crippen LogP contribution is 2.36. The molecule has 0 bridgehead atoms. The second kappa shape index (κ2) is 6.60. The van der Waals surface area contributed by atoms with Crippen molar-refractivity contribution >= 4 is 32.9 Å². The lowest BCUT2D eigenvalue weighted by Crippen LogP contribution is -2.29. The minimum absolute atomic E-state index is 0.134. The lowest BCUT2D eigenvalue weighted by Gasteiger charge is -2.13. The molecule has 0 aliphatic carbocycles. The Morgan fingerprint density at radius 1 is 1.41 bits per heavy atom. The van der Waals surface area contributed by atoms with E-state index in [4.69, 9.17) is 4.74 Å². The zero-order valence-electron chi connectivity index (χ0n) is 15.1. The van der Waals surface area contributed by atoms with Gasteiger partial charge in [-0.15, -0.1) is 0 Å². The van der Waals surface area contributed by atoms with Crippen LogP contribution in [0, 0.1) is 12.7 Å². The zero-order valence-corrected chi connectivity index (χ0v) is 16.7. The van der Waals surface area contributed by atoms with E-state index >= 15 is 0 Å². The zero-order chi connectivity index (χ0) is 19.3. The number of amides is 1. The predicted octanol–water partition coefficient (Wildman–Crippen LogP) is 4.09. The molecule has 0 saturated heterocycles. The molecule has 0 radical (unpaired) electrons. The lowest BCUT2D eigenvalue weighted by molar-refractivity contribution is 0.0932. The molecule has 1 aliphatic heterocycles. The van der Waals surface area contributed by atoms with Crippen LogP contribution in [-0.4, -0.2) is 27.3 Å². The van der Waals surface area contributed by atoms with Gasteiger partial charge in [-0.3, -0.25) is 4.79 Å². The van der Waals surface area contributed by atoms with Gasteiger partial charge in [-0.25, -0.2) is 14.1 Å². The van der Waals surface area contributed by atoms with Gasteiger partial charge in [0.25, 0.3) is 5.91 Å². The van der Waals surface area contributed by atoms with Crippen LogP contribution < -0.4 is 10.1 Å². The number of fused-ring (bicyclic) bond motifs is 2. The van der Waals surface area contributed by atoms with Crippen LogP contribution in [0.15, 0.2) is 28.9 Å². The number of halogens is 2. The van der Waals surface area contributed by atoms with Crippen molar-refractivity contribution in [1.82, 2.24) is 20.1 Å². The van der Waals surface area contributed by atoms with Crippen molar-refractivity contribution in [3.05, 3.63) is 51.5 Å². The Hall–Kier alpha value is -2.48. The van der Waals surface area contributed by atoms with Gasteiger partial charge in [0.05, 0.1) is 27.7 Å². The van der Waals surface area contributed by atoms with Crippen LogP contribution in [0.5, 0.6) is 5.75 Å². The maximum absolute atomic E-state index is 13.7. The van der Waals surface area contributed by atoms with Gasteiger partial charge in [0, 0.05) is 23.4 Å². The van der Waals surface area contributed by atoms with Gasteiger partial charge in [0.15, 0.2) is 5.65 Å². The number of hydrogen-bond acceptors (Lipinski definition) is 4. The van der Waals surface area contributed by atoms with Crippen molar-refractivity contribution in [3.63, 3.8) is 0 Å². The number of hydrogen-bond donors (Lipinski definition) is 1. The number of carbonyl (C=O) groups excluding carboxylic acids is 1. The summed E-state index contributed by atoms with van der Waals surface area (Å²) in [5.41, 5.74) is 2.68. The van der Waals surface area contributed by atoms with E-state index in [-0.39, 0.29) is 24.6 Å². The number of aromatic nitrogens is 3. The molecule has 140 valence electrons. The van der Waals surface area contributed by atoms with Crippen molar-refractivity contribution in [1.29, 1.82) is 0 Å². The Bertz CT molecular complexity index is 1060. The third-order valence-electron chi connectivity index (χ3n) is 4.57. The Morgan fingerprint density at radius 3 is 2.93 bits per heavy atom. The average molecular weight is 433 g/mol. The number of ether oxygens (including phenoxy) is 1. The third-order valence-corrected chi connectivity index (χ3v) is 5.18. The van der Waals surface area contributed by atoms with Crippen LogP contribution in [0.1, 0.15) is 47.5 Å². The van der Waals surface area contributed by atoms with Crippen LogP contribution in [-0.2, 0) is 0 Å². The van der Waals surface area contributed by atoms with Crippen molar-refractivity contribution in [2.24, 2.45) is 0 Å². The molecule has 1 unspecified atom stereocenters. The minimum atomic E-state index is -0.395. The number of carbonyl (C=O) groups is 1. The Morgan fingerprint density at radius 2 is 2.19 bits per heavy atom. The Labute approximate surface area is 163 Å². The van der Waals surface area contributed by atoms with E-state index in [1.807, 2.05) is 20.8 Å². The number of nitrogens with one attached hydrogen (secondary N) is 1. The number of pyridine rings is 1. The number of nitrogens with zero attached hydrogens (tertiary/aromatic N) is 3. The topological polar surface area (TPSA) is 69.0 Å². The van der Waals surface area contributed by atoms with Crippen molar-refractivity contribution < 1.29 is 13.9 Å². The number of benzene rings is 1. The SMILES string of the molecule is Cc1cc(C(=O)NC2COc3cc(F)c(Br)cc32)c2cnn(C(C)C)c2n1. The van der Waals surface area contributed by atoms with Gasteiger partial charge < -0.3 is 10.1 Å². The molecule has 3 aromatic rings. The van der Waals surface area contributed by atoms with Crippen molar-refractivity contribution in [2.45, 2.75) is 32.9 Å². The van der Waals surface area contributed by atoms with Crippen LogP contribution in [0.3, 0.4) is 0 Å². The van der Waals surface area contributed by atoms with E-state index in [0.29, 0.717) is 26.8 Å². The summed E-state index contributed by atoms with van der Waals surface area (Å²) in [7, 11) is 0. The molecule has 1 N–H and O–H groups in total. The first-order valence-electron chi connectivity index (χ1n) is 8.62. The molecule has 1 aromatic carbocycles. The molecule has 0 spiro atoms. The third kappa shape index (κ3) is 3.07. The smallest absolute Gasteiger partial charge is 0.252 e. The average Bonchev–Trinajstić information content (AvgIpc) is 3.19. The number of rotatable bonds is 3. The molecule has 1 atom stereocenters. The maximum atomic E-state index is 13.7. The molecule has 27 heavy (non-hydrogen) atoms. The first-order chi connectivity index (χ1) is 12.8. The Balaban J connectivity index is 1.69. The molecular formula is C19H18BrFN4O2. The highest BCUT2D eigenvalue weighted by Gasteiger charge is 2.28. The molecule has 0 fully saturated rings. The lowest BCUT2D eigenvalue weighted by atomic mass is 10.1. The summed E-state index contributed by atoms with van der Waals surface area (Å²) in [5, 5.41) is 8.05. The van der Waals surface area contributed by atoms with Gasteiger partial charge in [-0.1, -0.05) is 0 Å². The fourth-order valence-corrected chi connectivity index (χ4v) is 3.63. The first kappa shape index (κ1) is 17.9. The second-order valence-electron chi connectivity index (χ2n) is 6.87. The van der Waals surface area contributed by atoms with Gasteiger partial charge in [-0.2, -0.15) is 5.10 Å². The molecule has 3 heterocycles. The molecule has 8 heteroatoms. The largest absolute Gasteiger partial charge is 0.491 e. The molecule has 0 saturated carbocycles. The van der Waals surface area contributed by atoms with E-state index in [0.717, 1.165) is 11.3 Å². The molecular weight excluding hydrogens is 415 g/mol. The van der Waals surface area contributed by atoms with E-state index in [1.54, 1.807) is 23.0 Å². The highest BCUT2D eigenvalue weighted by atomic mass is 79.9. The van der Waals surface area contributed by atoms with E-state index < -0.39 is 5.82 Å². The van der Waals surface area contributed by atoms with Crippen molar-refractivity contribution in [2.75, 3.05) is 6.61 Å². The van der Waals surface area contributed by atoms with E-state index in [1.165, 1.54) is 6.07 Å². The van der Waals surface area contributed by atoms with Crippen molar-refractivity contribution in [3.8, 4) is 5.75 Å². The van der Waals surface area contributed by atoms with Crippen LogP contribution >= 0.6 is 15.9 Å². The normalized spacial score (nSPS) is 15.9. The minimum Gasteiger partial charge on any atom is -0.491 e. The second-order valence-corrected chi connectivity index (χ2v) is 7.73. The first-order valence-corrected chi connectivity index (χ1v) is 9.42. The van der Waals surface area contributed by atoms with Gasteiger partial charge >= 0.3 is 0 Å². The highest BCUT2D eigenvalue weighted by molar-refractivity contribution is 9.10. The summed E-state index contributed by atoms with van der Waals surface area (Å²) in [4.78, 5) is 17.5. The van der Waals surface area contributed by atoms with Crippen LogP contribution in [0.25, 0.3) is 11.0 Å². The molecule has 2 aromatic heterocycles. The van der Waals surface area contributed by atoms with Crippen LogP contribution in [0.4, 0.5) is 4.39 Å². The maximum Gasteiger partial charge on any atom is 0.252 e. The standard InChI is InChI=1S/C19H18BrFN4O2/c1-9(2)25-18-13(7-22-25)11(4-10(3)23-18)19(26)24-16-8-27-17-6-15(21)14(20)5-12(16)17/h4-7,9,16H,8H2,1-3H3,(H,24,26). The van der Waals surface area contributed by atoms with E-state index in [2.05, 4.69) is 31.3 Å². The summed E-state index contributed by atoms with van der Waals surface area (Å²) in [6.07, 6.45) is 1.67. The molecule has 6 nitrogen and oxygen atoms in total.